The first-order valence-corrected chi connectivity index (χ1v) is 6.08. The van der Waals surface area contributed by atoms with Crippen LogP contribution in [0.3, 0.4) is 0 Å². The number of esters is 1. The van der Waals surface area contributed by atoms with Gasteiger partial charge in [0.05, 0.1) is 12.1 Å². The minimum absolute atomic E-state index is 0.244. The molecule has 1 aromatic rings. The molecule has 1 N–H and O–H groups in total. The summed E-state index contributed by atoms with van der Waals surface area (Å²) in [5, 5.41) is 2.72. The predicted molar refractivity (Wildman–Crippen MR) is 68.8 cm³/mol. The largest absolute Gasteiger partial charge is 0.466 e. The number of hydrogen-bond donors (Lipinski definition) is 1. The van der Waals surface area contributed by atoms with Crippen LogP contribution in [-0.4, -0.2) is 18.5 Å². The van der Waals surface area contributed by atoms with Crippen molar-refractivity contribution < 1.29 is 18.7 Å². The second-order valence-electron chi connectivity index (χ2n) is 4.66. The number of nitrogens with one attached hydrogen (secondary N) is 1. The van der Waals surface area contributed by atoms with E-state index in [0.29, 0.717) is 0 Å². The van der Waals surface area contributed by atoms with Crippen molar-refractivity contribution >= 4 is 11.9 Å². The average Bonchev–Trinajstić information content (AvgIpc) is 2.28. The quantitative estimate of drug-likeness (QED) is 0.657. The fourth-order valence-corrected chi connectivity index (χ4v) is 1.67. The van der Waals surface area contributed by atoms with E-state index in [1.807, 2.05) is 0 Å². The van der Waals surface area contributed by atoms with Crippen LogP contribution in [0.5, 0.6) is 0 Å². The third kappa shape index (κ3) is 4.69. The van der Waals surface area contributed by atoms with Crippen LogP contribution in [0.25, 0.3) is 0 Å². The lowest BCUT2D eigenvalue weighted by Crippen LogP contribution is -2.41. The Morgan fingerprint density at radius 1 is 1.26 bits per heavy atom. The molecule has 104 valence electrons. The number of amides is 1. The van der Waals surface area contributed by atoms with Gasteiger partial charge in [-0.3, -0.25) is 9.59 Å². The van der Waals surface area contributed by atoms with Gasteiger partial charge in [0, 0.05) is 0 Å². The lowest BCUT2D eigenvalue weighted by Gasteiger charge is -2.26. The van der Waals surface area contributed by atoms with E-state index in [9.17, 15) is 14.0 Å². The van der Waals surface area contributed by atoms with Crippen LogP contribution in [0, 0.1) is 5.82 Å². The molecule has 0 bridgehead atoms. The normalized spacial score (nSPS) is 10.9. The minimum atomic E-state index is -0.683. The zero-order valence-electron chi connectivity index (χ0n) is 11.3. The summed E-state index contributed by atoms with van der Waals surface area (Å²) in [6.07, 6.45) is -0.321. The van der Waals surface area contributed by atoms with Gasteiger partial charge in [0.1, 0.15) is 12.2 Å². The minimum Gasteiger partial charge on any atom is -0.466 e. The Balaban J connectivity index is 2.66. The van der Waals surface area contributed by atoms with Gasteiger partial charge in [0.15, 0.2) is 0 Å². The van der Waals surface area contributed by atoms with E-state index in [1.54, 1.807) is 32.9 Å². The molecule has 1 amide bonds. The summed E-state index contributed by atoms with van der Waals surface area (Å²) in [5.41, 5.74) is 0.0724. The third-order valence-corrected chi connectivity index (χ3v) is 2.63. The van der Waals surface area contributed by atoms with Crippen molar-refractivity contribution in [2.24, 2.45) is 0 Å². The van der Waals surface area contributed by atoms with Gasteiger partial charge in [0.2, 0.25) is 5.91 Å². The van der Waals surface area contributed by atoms with Gasteiger partial charge < -0.3 is 10.1 Å². The standard InChI is InChI=1S/C14H18FNO3/c1-4-19-13(18)9-12(17)16-14(2,3)10-5-7-11(15)8-6-10/h5-8H,4,9H2,1-3H3,(H,16,17). The summed E-state index contributed by atoms with van der Waals surface area (Å²) in [5.74, 6) is -1.32. The number of carbonyl (C=O) groups excluding carboxylic acids is 2. The fourth-order valence-electron chi connectivity index (χ4n) is 1.67. The second kappa shape index (κ2) is 6.31. The van der Waals surface area contributed by atoms with E-state index in [0.717, 1.165) is 5.56 Å². The number of rotatable bonds is 5. The van der Waals surface area contributed by atoms with Gasteiger partial charge in [-0.25, -0.2) is 4.39 Å². The first-order chi connectivity index (χ1) is 8.85. The van der Waals surface area contributed by atoms with Gasteiger partial charge in [-0.2, -0.15) is 0 Å². The molecule has 0 aromatic heterocycles. The molecule has 0 aliphatic carbocycles. The number of hydrogen-bond acceptors (Lipinski definition) is 3. The van der Waals surface area contributed by atoms with E-state index in [4.69, 9.17) is 4.74 Å². The second-order valence-corrected chi connectivity index (χ2v) is 4.66. The van der Waals surface area contributed by atoms with Gasteiger partial charge in [-0.1, -0.05) is 12.1 Å². The maximum Gasteiger partial charge on any atom is 0.315 e. The molecule has 0 atom stereocenters. The Hall–Kier alpha value is -1.91. The number of carbonyl (C=O) groups is 2. The number of benzene rings is 1. The Bertz CT molecular complexity index is 454. The lowest BCUT2D eigenvalue weighted by molar-refractivity contribution is -0.146. The first-order valence-electron chi connectivity index (χ1n) is 6.08. The topological polar surface area (TPSA) is 55.4 Å². The highest BCUT2D eigenvalue weighted by Gasteiger charge is 2.24. The molecular formula is C14H18FNO3. The van der Waals surface area contributed by atoms with E-state index in [1.165, 1.54) is 12.1 Å². The van der Waals surface area contributed by atoms with E-state index < -0.39 is 17.4 Å². The van der Waals surface area contributed by atoms with E-state index in [2.05, 4.69) is 5.32 Å². The molecular weight excluding hydrogens is 249 g/mol. The fraction of sp³-hybridized carbons (Fsp3) is 0.429. The molecule has 0 spiro atoms. The highest BCUT2D eigenvalue weighted by Crippen LogP contribution is 2.20. The van der Waals surface area contributed by atoms with Crippen molar-refractivity contribution in [2.75, 3.05) is 6.61 Å². The smallest absolute Gasteiger partial charge is 0.315 e. The molecule has 4 nitrogen and oxygen atoms in total. The van der Waals surface area contributed by atoms with Crippen molar-refractivity contribution in [1.29, 1.82) is 0 Å². The zero-order valence-corrected chi connectivity index (χ0v) is 11.3. The maximum atomic E-state index is 12.8. The maximum absolute atomic E-state index is 12.8. The Labute approximate surface area is 112 Å². The van der Waals surface area contributed by atoms with Crippen LogP contribution < -0.4 is 5.32 Å². The molecule has 0 fully saturated rings. The average molecular weight is 267 g/mol. The molecule has 1 rings (SSSR count). The van der Waals surface area contributed by atoms with Crippen molar-refractivity contribution in [3.8, 4) is 0 Å². The molecule has 0 aliphatic rings. The van der Waals surface area contributed by atoms with Crippen molar-refractivity contribution in [3.05, 3.63) is 35.6 Å². The van der Waals surface area contributed by atoms with Crippen LogP contribution in [0.2, 0.25) is 0 Å². The van der Waals surface area contributed by atoms with Crippen LogP contribution in [0.15, 0.2) is 24.3 Å². The lowest BCUT2D eigenvalue weighted by atomic mass is 9.94. The Morgan fingerprint density at radius 3 is 2.37 bits per heavy atom. The molecule has 19 heavy (non-hydrogen) atoms. The highest BCUT2D eigenvalue weighted by atomic mass is 19.1. The summed E-state index contributed by atoms with van der Waals surface area (Å²) in [7, 11) is 0. The highest BCUT2D eigenvalue weighted by molar-refractivity contribution is 5.94. The molecule has 5 heteroatoms. The first kappa shape index (κ1) is 15.1. The molecule has 0 saturated carbocycles. The van der Waals surface area contributed by atoms with Crippen molar-refractivity contribution in [1.82, 2.24) is 5.32 Å². The monoisotopic (exact) mass is 267 g/mol. The summed E-state index contributed by atoms with van der Waals surface area (Å²) in [6.45, 7) is 5.48. The summed E-state index contributed by atoms with van der Waals surface area (Å²) >= 11 is 0. The number of halogens is 1. The van der Waals surface area contributed by atoms with Crippen LogP contribution in [0.4, 0.5) is 4.39 Å². The van der Waals surface area contributed by atoms with Gasteiger partial charge >= 0.3 is 5.97 Å². The van der Waals surface area contributed by atoms with Crippen LogP contribution in [-0.2, 0) is 19.9 Å². The van der Waals surface area contributed by atoms with E-state index >= 15 is 0 Å². The van der Waals surface area contributed by atoms with Gasteiger partial charge in [-0.05, 0) is 38.5 Å². The summed E-state index contributed by atoms with van der Waals surface area (Å²) in [4.78, 5) is 22.9. The van der Waals surface area contributed by atoms with Crippen molar-refractivity contribution in [2.45, 2.75) is 32.7 Å². The number of ether oxygens (including phenoxy) is 1. The van der Waals surface area contributed by atoms with Gasteiger partial charge in [0.25, 0.3) is 0 Å². The summed E-state index contributed by atoms with van der Waals surface area (Å²) in [6, 6.07) is 5.85. The van der Waals surface area contributed by atoms with Crippen LogP contribution >= 0.6 is 0 Å². The Kier molecular flexibility index (Phi) is 5.03. The van der Waals surface area contributed by atoms with E-state index in [-0.39, 0.29) is 18.8 Å². The third-order valence-electron chi connectivity index (χ3n) is 2.63. The Morgan fingerprint density at radius 2 is 1.84 bits per heavy atom. The molecule has 0 radical (unpaired) electrons. The molecule has 0 aliphatic heterocycles. The van der Waals surface area contributed by atoms with Gasteiger partial charge in [-0.15, -0.1) is 0 Å². The van der Waals surface area contributed by atoms with Crippen LogP contribution in [0.1, 0.15) is 32.8 Å². The van der Waals surface area contributed by atoms with Crippen molar-refractivity contribution in [3.63, 3.8) is 0 Å². The molecule has 0 saturated heterocycles. The molecule has 1 aromatic carbocycles. The zero-order chi connectivity index (χ0) is 14.5. The molecule has 0 unspecified atom stereocenters. The predicted octanol–water partition coefficient (Wildman–Crippen LogP) is 2.13. The molecule has 0 heterocycles. The SMILES string of the molecule is CCOC(=O)CC(=O)NC(C)(C)c1ccc(F)cc1. The summed E-state index contributed by atoms with van der Waals surface area (Å²) < 4.78 is 17.5.